The Bertz CT molecular complexity index is 675. The van der Waals surface area contributed by atoms with Gasteiger partial charge in [-0.05, 0) is 42.8 Å². The summed E-state index contributed by atoms with van der Waals surface area (Å²) >= 11 is 3.43. The molecule has 0 heterocycles. The van der Waals surface area contributed by atoms with E-state index in [4.69, 9.17) is 0 Å². The van der Waals surface area contributed by atoms with Gasteiger partial charge in [-0.1, -0.05) is 28.1 Å². The minimum absolute atomic E-state index is 0.0596. The summed E-state index contributed by atoms with van der Waals surface area (Å²) < 4.78 is 14.2. The number of likely N-dealkylation sites (N-methyl/N-ethyl adjacent to an activating group) is 1. The van der Waals surface area contributed by atoms with E-state index in [1.807, 2.05) is 38.2 Å². The zero-order chi connectivity index (χ0) is 16.1. The standard InChI is InChI=1S/C17H18BrFN2O/c1-12-8-15(6-7-16(12)18)20-17(22)11-21(2)10-13-4-3-5-14(19)9-13/h3-9H,10-11H2,1-2H3,(H,20,22)/p+1. The fourth-order valence-corrected chi connectivity index (χ4v) is 2.51. The summed E-state index contributed by atoms with van der Waals surface area (Å²) in [7, 11) is 1.91. The van der Waals surface area contributed by atoms with E-state index < -0.39 is 0 Å². The molecule has 0 spiro atoms. The first-order valence-electron chi connectivity index (χ1n) is 7.06. The molecule has 0 saturated carbocycles. The molecule has 1 amide bonds. The highest BCUT2D eigenvalue weighted by Crippen LogP contribution is 2.19. The molecule has 116 valence electrons. The van der Waals surface area contributed by atoms with Gasteiger partial charge < -0.3 is 10.2 Å². The van der Waals surface area contributed by atoms with Crippen molar-refractivity contribution in [3.05, 3.63) is 63.9 Å². The lowest BCUT2D eigenvalue weighted by Crippen LogP contribution is -3.08. The highest BCUT2D eigenvalue weighted by molar-refractivity contribution is 9.10. The highest BCUT2D eigenvalue weighted by atomic mass is 79.9. The quantitative estimate of drug-likeness (QED) is 0.838. The van der Waals surface area contributed by atoms with E-state index in [1.165, 1.54) is 12.1 Å². The lowest BCUT2D eigenvalue weighted by Gasteiger charge is -2.14. The van der Waals surface area contributed by atoms with Crippen molar-refractivity contribution in [3.8, 4) is 0 Å². The molecule has 2 aromatic carbocycles. The van der Waals surface area contributed by atoms with Gasteiger partial charge in [-0.25, -0.2) is 4.39 Å². The summed E-state index contributed by atoms with van der Waals surface area (Å²) in [5, 5.41) is 2.88. The number of carbonyl (C=O) groups is 1. The molecular weight excluding hydrogens is 347 g/mol. The largest absolute Gasteiger partial charge is 0.326 e. The van der Waals surface area contributed by atoms with Gasteiger partial charge in [0.1, 0.15) is 12.4 Å². The molecule has 2 N–H and O–H groups in total. The van der Waals surface area contributed by atoms with E-state index >= 15 is 0 Å². The molecule has 1 unspecified atom stereocenters. The molecule has 3 nitrogen and oxygen atoms in total. The van der Waals surface area contributed by atoms with Crippen LogP contribution in [0.4, 0.5) is 10.1 Å². The highest BCUT2D eigenvalue weighted by Gasteiger charge is 2.11. The van der Waals surface area contributed by atoms with E-state index in [1.54, 1.807) is 6.07 Å². The molecule has 0 aliphatic rings. The number of anilines is 1. The van der Waals surface area contributed by atoms with Crippen LogP contribution < -0.4 is 10.2 Å². The second kappa shape index (κ2) is 7.51. The normalized spacial score (nSPS) is 12.0. The van der Waals surface area contributed by atoms with E-state index in [-0.39, 0.29) is 11.7 Å². The predicted octanol–water partition coefficient (Wildman–Crippen LogP) is 2.55. The second-order valence-corrected chi connectivity index (χ2v) is 6.31. The van der Waals surface area contributed by atoms with Gasteiger partial charge in [0, 0.05) is 15.7 Å². The fourth-order valence-electron chi connectivity index (χ4n) is 2.26. The number of quaternary nitrogens is 1. The number of amides is 1. The van der Waals surface area contributed by atoms with Gasteiger partial charge in [0.05, 0.1) is 7.05 Å². The first kappa shape index (κ1) is 16.6. The van der Waals surface area contributed by atoms with Crippen molar-refractivity contribution in [2.24, 2.45) is 0 Å². The summed E-state index contributed by atoms with van der Waals surface area (Å²) in [6, 6.07) is 12.2. The number of halogens is 2. The van der Waals surface area contributed by atoms with Crippen molar-refractivity contribution in [1.82, 2.24) is 0 Å². The Kier molecular flexibility index (Phi) is 5.69. The SMILES string of the molecule is Cc1cc(NC(=O)C[NH+](C)Cc2cccc(F)c2)ccc1Br. The van der Waals surface area contributed by atoms with Crippen molar-refractivity contribution in [2.75, 3.05) is 18.9 Å². The Balaban J connectivity index is 1.89. The number of hydrogen-bond acceptors (Lipinski definition) is 1. The molecule has 1 atom stereocenters. The second-order valence-electron chi connectivity index (χ2n) is 5.45. The Labute approximate surface area is 138 Å². The van der Waals surface area contributed by atoms with Crippen LogP contribution >= 0.6 is 15.9 Å². The van der Waals surface area contributed by atoms with Gasteiger partial charge in [0.25, 0.3) is 5.91 Å². The minimum atomic E-state index is -0.250. The van der Waals surface area contributed by atoms with Crippen molar-refractivity contribution in [1.29, 1.82) is 0 Å². The van der Waals surface area contributed by atoms with Crippen LogP contribution in [0.15, 0.2) is 46.9 Å². The summed E-state index contributed by atoms with van der Waals surface area (Å²) in [5.41, 5.74) is 2.73. The lowest BCUT2D eigenvalue weighted by molar-refractivity contribution is -0.885. The first-order valence-corrected chi connectivity index (χ1v) is 7.85. The third kappa shape index (κ3) is 4.93. The maximum Gasteiger partial charge on any atom is 0.279 e. The van der Waals surface area contributed by atoms with Crippen molar-refractivity contribution in [3.63, 3.8) is 0 Å². The summed E-state index contributed by atoms with van der Waals surface area (Å²) in [6.07, 6.45) is 0. The van der Waals surface area contributed by atoms with Crippen molar-refractivity contribution >= 4 is 27.5 Å². The van der Waals surface area contributed by atoms with Crippen LogP contribution in [0.5, 0.6) is 0 Å². The monoisotopic (exact) mass is 365 g/mol. The Morgan fingerprint density at radius 3 is 2.73 bits per heavy atom. The van der Waals surface area contributed by atoms with Crippen molar-refractivity contribution < 1.29 is 14.1 Å². The molecule has 0 radical (unpaired) electrons. The third-order valence-electron chi connectivity index (χ3n) is 3.30. The molecule has 2 aromatic rings. The predicted molar refractivity (Wildman–Crippen MR) is 89.4 cm³/mol. The molecule has 0 aromatic heterocycles. The summed E-state index contributed by atoms with van der Waals surface area (Å²) in [4.78, 5) is 13.1. The average molecular weight is 366 g/mol. The number of aryl methyl sites for hydroxylation is 1. The van der Waals surface area contributed by atoms with Crippen molar-refractivity contribution in [2.45, 2.75) is 13.5 Å². The zero-order valence-corrected chi connectivity index (χ0v) is 14.2. The zero-order valence-electron chi connectivity index (χ0n) is 12.6. The number of hydrogen-bond donors (Lipinski definition) is 2. The van der Waals surface area contributed by atoms with Crippen LogP contribution in [0.2, 0.25) is 0 Å². The molecule has 2 rings (SSSR count). The van der Waals surface area contributed by atoms with E-state index in [2.05, 4.69) is 21.2 Å². The van der Waals surface area contributed by atoms with Gasteiger partial charge >= 0.3 is 0 Å². The number of benzene rings is 2. The van der Waals surface area contributed by atoms with Gasteiger partial charge in [-0.3, -0.25) is 4.79 Å². The number of nitrogens with one attached hydrogen (secondary N) is 2. The van der Waals surface area contributed by atoms with E-state index in [0.717, 1.165) is 26.2 Å². The van der Waals surface area contributed by atoms with Gasteiger partial charge in [0.2, 0.25) is 0 Å². The maximum atomic E-state index is 13.1. The molecule has 22 heavy (non-hydrogen) atoms. The van der Waals surface area contributed by atoms with E-state index in [0.29, 0.717) is 13.1 Å². The van der Waals surface area contributed by atoms with E-state index in [9.17, 15) is 9.18 Å². The Morgan fingerprint density at radius 2 is 2.05 bits per heavy atom. The average Bonchev–Trinajstić information content (AvgIpc) is 2.42. The van der Waals surface area contributed by atoms with Crippen LogP contribution in [0.25, 0.3) is 0 Å². The molecule has 0 aliphatic carbocycles. The minimum Gasteiger partial charge on any atom is -0.326 e. The van der Waals surface area contributed by atoms with Crippen LogP contribution in [-0.2, 0) is 11.3 Å². The van der Waals surface area contributed by atoms with Gasteiger partial charge in [-0.2, -0.15) is 0 Å². The summed E-state index contributed by atoms with van der Waals surface area (Å²) in [5.74, 6) is -0.310. The van der Waals surface area contributed by atoms with Gasteiger partial charge in [0.15, 0.2) is 6.54 Å². The van der Waals surface area contributed by atoms with Crippen LogP contribution in [0.3, 0.4) is 0 Å². The molecule has 5 heteroatoms. The number of carbonyl (C=O) groups excluding carboxylic acids is 1. The van der Waals surface area contributed by atoms with Gasteiger partial charge in [-0.15, -0.1) is 0 Å². The molecule has 0 fully saturated rings. The number of rotatable bonds is 5. The topological polar surface area (TPSA) is 33.5 Å². The Hall–Kier alpha value is -1.72. The first-order chi connectivity index (χ1) is 10.4. The molecule has 0 aliphatic heterocycles. The maximum absolute atomic E-state index is 13.1. The van der Waals surface area contributed by atoms with Crippen LogP contribution in [0.1, 0.15) is 11.1 Å². The van der Waals surface area contributed by atoms with Crippen LogP contribution in [0, 0.1) is 12.7 Å². The van der Waals surface area contributed by atoms with Crippen LogP contribution in [-0.4, -0.2) is 19.5 Å². The lowest BCUT2D eigenvalue weighted by atomic mass is 10.2. The third-order valence-corrected chi connectivity index (χ3v) is 4.19. The summed E-state index contributed by atoms with van der Waals surface area (Å²) in [6.45, 7) is 2.90. The Morgan fingerprint density at radius 1 is 1.27 bits per heavy atom. The molecule has 0 bridgehead atoms. The smallest absolute Gasteiger partial charge is 0.279 e. The molecule has 0 saturated heterocycles. The fraction of sp³-hybridized carbons (Fsp3) is 0.235. The molecular formula is C17H19BrFN2O+.